The summed E-state index contributed by atoms with van der Waals surface area (Å²) in [4.78, 5) is 0. The second-order valence-corrected chi connectivity index (χ2v) is 5.85. The molecule has 0 unspecified atom stereocenters. The highest BCUT2D eigenvalue weighted by Crippen LogP contribution is 2.26. The molecule has 0 aliphatic rings. The molecule has 94 valence electrons. The van der Waals surface area contributed by atoms with Crippen LogP contribution in [0.3, 0.4) is 0 Å². The van der Waals surface area contributed by atoms with Gasteiger partial charge in [0, 0.05) is 16.7 Å². The standard InChI is InChI=1S/C13H9Br2ClFN/c14-10-3-1-8(5-13(10)17)7-18-9-2-4-12(16)11(15)6-9/h1-6,18H,7H2. The predicted octanol–water partition coefficient (Wildman–Crippen LogP) is 5.62. The van der Waals surface area contributed by atoms with Crippen molar-refractivity contribution in [1.82, 2.24) is 0 Å². The Morgan fingerprint density at radius 2 is 1.83 bits per heavy atom. The van der Waals surface area contributed by atoms with E-state index in [1.807, 2.05) is 18.2 Å². The van der Waals surface area contributed by atoms with Gasteiger partial charge in [-0.1, -0.05) is 17.7 Å². The largest absolute Gasteiger partial charge is 0.381 e. The van der Waals surface area contributed by atoms with Gasteiger partial charge in [-0.25, -0.2) is 4.39 Å². The van der Waals surface area contributed by atoms with Crippen LogP contribution in [0, 0.1) is 5.82 Å². The van der Waals surface area contributed by atoms with Crippen molar-refractivity contribution in [2.75, 3.05) is 5.32 Å². The van der Waals surface area contributed by atoms with Gasteiger partial charge in [0.1, 0.15) is 5.82 Å². The predicted molar refractivity (Wildman–Crippen MR) is 80.6 cm³/mol. The SMILES string of the molecule is Fc1cc(CNc2ccc(Cl)c(Br)c2)ccc1Br. The smallest absolute Gasteiger partial charge is 0.137 e. The van der Waals surface area contributed by atoms with E-state index in [-0.39, 0.29) is 5.82 Å². The van der Waals surface area contributed by atoms with Gasteiger partial charge in [-0.3, -0.25) is 0 Å². The first-order valence-corrected chi connectivity index (χ1v) is 7.15. The summed E-state index contributed by atoms with van der Waals surface area (Å²) in [5.74, 6) is -0.258. The van der Waals surface area contributed by atoms with Crippen molar-refractivity contribution < 1.29 is 4.39 Å². The van der Waals surface area contributed by atoms with E-state index in [1.54, 1.807) is 12.1 Å². The van der Waals surface area contributed by atoms with E-state index in [0.29, 0.717) is 16.0 Å². The van der Waals surface area contributed by atoms with Crippen LogP contribution < -0.4 is 5.32 Å². The number of hydrogen-bond acceptors (Lipinski definition) is 1. The fourth-order valence-corrected chi connectivity index (χ4v) is 2.20. The maximum absolute atomic E-state index is 13.3. The first-order valence-electron chi connectivity index (χ1n) is 5.19. The Hall–Kier alpha value is -0.580. The van der Waals surface area contributed by atoms with Gasteiger partial charge >= 0.3 is 0 Å². The molecular formula is C13H9Br2ClFN. The second-order valence-electron chi connectivity index (χ2n) is 3.73. The molecule has 2 rings (SSSR count). The van der Waals surface area contributed by atoms with Gasteiger partial charge < -0.3 is 5.32 Å². The Morgan fingerprint density at radius 3 is 2.50 bits per heavy atom. The van der Waals surface area contributed by atoms with Crippen LogP contribution in [0.2, 0.25) is 5.02 Å². The topological polar surface area (TPSA) is 12.0 Å². The Morgan fingerprint density at radius 1 is 1.06 bits per heavy atom. The lowest BCUT2D eigenvalue weighted by Crippen LogP contribution is -1.99. The zero-order chi connectivity index (χ0) is 13.1. The zero-order valence-electron chi connectivity index (χ0n) is 9.18. The Labute approximate surface area is 127 Å². The van der Waals surface area contributed by atoms with Gasteiger partial charge in [0.15, 0.2) is 0 Å². The van der Waals surface area contributed by atoms with Crippen molar-refractivity contribution in [3.63, 3.8) is 0 Å². The number of benzene rings is 2. The van der Waals surface area contributed by atoms with E-state index in [2.05, 4.69) is 37.2 Å². The number of hydrogen-bond donors (Lipinski definition) is 1. The summed E-state index contributed by atoms with van der Waals surface area (Å²) in [6.45, 7) is 0.554. The highest BCUT2D eigenvalue weighted by atomic mass is 79.9. The normalized spacial score (nSPS) is 10.4. The molecule has 0 aromatic heterocycles. The molecule has 5 heteroatoms. The molecule has 0 spiro atoms. The number of nitrogens with one attached hydrogen (secondary N) is 1. The first-order chi connectivity index (χ1) is 8.56. The summed E-state index contributed by atoms with van der Waals surface area (Å²) >= 11 is 12.4. The number of halogens is 4. The summed E-state index contributed by atoms with van der Waals surface area (Å²) < 4.78 is 14.6. The molecule has 0 fully saturated rings. The van der Waals surface area contributed by atoms with E-state index in [9.17, 15) is 4.39 Å². The Bertz CT molecular complexity index is 523. The molecule has 1 nitrogen and oxygen atoms in total. The third kappa shape index (κ3) is 3.46. The van der Waals surface area contributed by atoms with Crippen molar-refractivity contribution in [3.8, 4) is 0 Å². The van der Waals surface area contributed by atoms with Crippen LogP contribution in [0.4, 0.5) is 10.1 Å². The van der Waals surface area contributed by atoms with E-state index in [0.717, 1.165) is 15.7 Å². The molecule has 18 heavy (non-hydrogen) atoms. The third-order valence-electron chi connectivity index (χ3n) is 2.40. The van der Waals surface area contributed by atoms with Gasteiger partial charge in [-0.15, -0.1) is 0 Å². The molecule has 0 bridgehead atoms. The molecule has 2 aromatic rings. The minimum Gasteiger partial charge on any atom is -0.381 e. The van der Waals surface area contributed by atoms with E-state index in [4.69, 9.17) is 11.6 Å². The summed E-state index contributed by atoms with van der Waals surface area (Å²) in [7, 11) is 0. The summed E-state index contributed by atoms with van der Waals surface area (Å²) in [5, 5.41) is 3.87. The lowest BCUT2D eigenvalue weighted by atomic mass is 10.2. The molecule has 0 saturated carbocycles. The van der Waals surface area contributed by atoms with E-state index in [1.165, 1.54) is 6.07 Å². The summed E-state index contributed by atoms with van der Waals surface area (Å²) in [6, 6.07) is 10.6. The maximum Gasteiger partial charge on any atom is 0.137 e. The minimum absolute atomic E-state index is 0.258. The van der Waals surface area contributed by atoms with E-state index >= 15 is 0 Å². The maximum atomic E-state index is 13.3. The highest BCUT2D eigenvalue weighted by molar-refractivity contribution is 9.10. The average Bonchev–Trinajstić information content (AvgIpc) is 2.35. The average molecular weight is 393 g/mol. The molecule has 0 saturated heterocycles. The summed E-state index contributed by atoms with van der Waals surface area (Å²) in [5.41, 5.74) is 1.80. The van der Waals surface area contributed by atoms with Crippen LogP contribution >= 0.6 is 43.5 Å². The highest BCUT2D eigenvalue weighted by Gasteiger charge is 2.02. The molecule has 0 aliphatic heterocycles. The Kier molecular flexibility index (Phi) is 4.65. The molecule has 0 amide bonds. The molecule has 0 aliphatic carbocycles. The fraction of sp³-hybridized carbons (Fsp3) is 0.0769. The number of anilines is 1. The molecule has 1 N–H and O–H groups in total. The quantitative estimate of drug-likeness (QED) is 0.714. The van der Waals surface area contributed by atoms with Crippen molar-refractivity contribution in [2.45, 2.75) is 6.54 Å². The van der Waals surface area contributed by atoms with Gasteiger partial charge in [-0.2, -0.15) is 0 Å². The lowest BCUT2D eigenvalue weighted by molar-refractivity contribution is 0.619. The molecular weight excluding hydrogens is 384 g/mol. The van der Waals surface area contributed by atoms with E-state index < -0.39 is 0 Å². The number of rotatable bonds is 3. The van der Waals surface area contributed by atoms with Crippen molar-refractivity contribution in [3.05, 3.63) is 61.7 Å². The van der Waals surface area contributed by atoms with Crippen LogP contribution in [-0.2, 0) is 6.54 Å². The molecule has 2 aromatic carbocycles. The Balaban J connectivity index is 2.06. The second kappa shape index (κ2) is 6.04. The van der Waals surface area contributed by atoms with Crippen LogP contribution in [-0.4, -0.2) is 0 Å². The van der Waals surface area contributed by atoms with Crippen LogP contribution in [0.5, 0.6) is 0 Å². The monoisotopic (exact) mass is 391 g/mol. The van der Waals surface area contributed by atoms with Gasteiger partial charge in [-0.05, 0) is 67.8 Å². The minimum atomic E-state index is -0.258. The molecule has 0 heterocycles. The van der Waals surface area contributed by atoms with Crippen LogP contribution in [0.15, 0.2) is 45.3 Å². The van der Waals surface area contributed by atoms with Crippen molar-refractivity contribution in [1.29, 1.82) is 0 Å². The van der Waals surface area contributed by atoms with Crippen LogP contribution in [0.1, 0.15) is 5.56 Å². The molecule has 0 radical (unpaired) electrons. The van der Waals surface area contributed by atoms with Crippen molar-refractivity contribution >= 4 is 49.1 Å². The fourth-order valence-electron chi connectivity index (χ4n) is 1.46. The summed E-state index contributed by atoms with van der Waals surface area (Å²) in [6.07, 6.45) is 0. The van der Waals surface area contributed by atoms with Gasteiger partial charge in [0.05, 0.1) is 9.50 Å². The molecule has 0 atom stereocenters. The first kappa shape index (κ1) is 13.8. The van der Waals surface area contributed by atoms with Crippen LogP contribution in [0.25, 0.3) is 0 Å². The van der Waals surface area contributed by atoms with Gasteiger partial charge in [0.25, 0.3) is 0 Å². The lowest BCUT2D eigenvalue weighted by Gasteiger charge is -2.08. The third-order valence-corrected chi connectivity index (χ3v) is 4.26. The van der Waals surface area contributed by atoms with Gasteiger partial charge in [0.2, 0.25) is 0 Å². The zero-order valence-corrected chi connectivity index (χ0v) is 13.1. The van der Waals surface area contributed by atoms with Crippen molar-refractivity contribution in [2.24, 2.45) is 0 Å².